The van der Waals surface area contributed by atoms with Crippen LogP contribution in [-0.2, 0) is 19.1 Å². The molecule has 0 saturated heterocycles. The van der Waals surface area contributed by atoms with Crippen LogP contribution in [0.5, 0.6) is 5.75 Å². The van der Waals surface area contributed by atoms with Crippen LogP contribution in [-0.4, -0.2) is 57.7 Å². The van der Waals surface area contributed by atoms with Gasteiger partial charge in [-0.1, -0.05) is 45.0 Å². The number of phenolic OH excluding ortho intramolecular Hbond substituents is 1. The molecular weight excluding hydrogens is 484 g/mol. The highest BCUT2D eigenvalue weighted by Gasteiger charge is 2.39. The molecule has 6 N–H and O–H groups in total. The molecule has 2 aromatic rings. The molecule has 2 amide bonds. The molecule has 1 aliphatic heterocycles. The first-order valence-electron chi connectivity index (χ1n) is 11.5. The molecule has 1 unspecified atom stereocenters. The summed E-state index contributed by atoms with van der Waals surface area (Å²) in [5, 5.41) is 25.6. The first-order valence-corrected chi connectivity index (χ1v) is 12.2. The minimum atomic E-state index is -1.14. The number of hydrogen-bond acceptors (Lipinski definition) is 8. The molecule has 0 radical (unpaired) electrons. The Kier molecular flexibility index (Phi) is 8.83. The van der Waals surface area contributed by atoms with Crippen LogP contribution in [0.2, 0.25) is 0 Å². The Labute approximate surface area is 214 Å². The van der Waals surface area contributed by atoms with Crippen molar-refractivity contribution in [1.29, 1.82) is 0 Å². The predicted octanol–water partition coefficient (Wildman–Crippen LogP) is 2.70. The van der Waals surface area contributed by atoms with Crippen molar-refractivity contribution in [3.8, 4) is 5.75 Å². The Balaban J connectivity index is 2.04. The number of carboxylic acids is 1. The van der Waals surface area contributed by atoms with Gasteiger partial charge in [0.2, 0.25) is 11.8 Å². The molecular formula is C25H32N4O6S. The molecule has 10 nitrogen and oxygen atoms in total. The van der Waals surface area contributed by atoms with Crippen LogP contribution in [0.25, 0.3) is 0 Å². The number of nitrogens with one attached hydrogen (secondary N) is 2. The Bertz CT molecular complexity index is 1090. The molecule has 2 aromatic carbocycles. The lowest BCUT2D eigenvalue weighted by Crippen LogP contribution is -2.50. The maximum atomic E-state index is 13.8. The smallest absolute Gasteiger partial charge is 0.326 e. The van der Waals surface area contributed by atoms with E-state index >= 15 is 0 Å². The molecule has 36 heavy (non-hydrogen) atoms. The van der Waals surface area contributed by atoms with Crippen molar-refractivity contribution in [2.45, 2.75) is 50.4 Å². The zero-order valence-electron chi connectivity index (χ0n) is 20.4. The van der Waals surface area contributed by atoms with Gasteiger partial charge in [-0.25, -0.2) is 9.10 Å². The number of ether oxygens (including phenoxy) is 1. The van der Waals surface area contributed by atoms with E-state index in [0.29, 0.717) is 5.56 Å². The van der Waals surface area contributed by atoms with Gasteiger partial charge in [0.05, 0.1) is 6.54 Å². The molecule has 1 aliphatic rings. The number of fused-ring (bicyclic) bond motifs is 1. The van der Waals surface area contributed by atoms with E-state index in [1.54, 1.807) is 16.4 Å². The maximum Gasteiger partial charge on any atom is 0.326 e. The van der Waals surface area contributed by atoms with Gasteiger partial charge in [-0.05, 0) is 53.6 Å². The molecule has 0 aromatic heterocycles. The first-order chi connectivity index (χ1) is 16.9. The fraction of sp³-hybridized carbons (Fsp3) is 0.400. The van der Waals surface area contributed by atoms with Crippen LogP contribution in [0.3, 0.4) is 0 Å². The lowest BCUT2D eigenvalue weighted by atomic mass is 9.88. The van der Waals surface area contributed by atoms with Crippen LogP contribution in [0.15, 0.2) is 53.4 Å². The summed E-state index contributed by atoms with van der Waals surface area (Å²) in [7, 11) is 0. The SMILES string of the molecule is CC(C)(C)C[C@@H](NC(=O)[C@@H](c1ccc(O)cc1)N1Sc2ccccc2NCC1OCC(N)=O)C(=O)O. The molecule has 0 fully saturated rings. The summed E-state index contributed by atoms with van der Waals surface area (Å²) in [4.78, 5) is 38.1. The topological polar surface area (TPSA) is 154 Å². The number of carboxylic acid groups (broad SMARTS) is 1. The Morgan fingerprint density at radius 1 is 1.19 bits per heavy atom. The number of amides is 2. The summed E-state index contributed by atoms with van der Waals surface area (Å²) < 4.78 is 7.48. The molecule has 0 saturated carbocycles. The number of aromatic hydroxyl groups is 1. The Hall–Kier alpha value is -3.28. The number of hydrogen-bond donors (Lipinski definition) is 5. The second kappa shape index (κ2) is 11.6. The average Bonchev–Trinajstić information content (AvgIpc) is 2.97. The highest BCUT2D eigenvalue weighted by molar-refractivity contribution is 7.97. The van der Waals surface area contributed by atoms with Crippen molar-refractivity contribution < 1.29 is 29.3 Å². The van der Waals surface area contributed by atoms with Gasteiger partial charge < -0.3 is 31.3 Å². The number of carbonyl (C=O) groups is 3. The van der Waals surface area contributed by atoms with Crippen molar-refractivity contribution in [1.82, 2.24) is 9.62 Å². The second-order valence-electron chi connectivity index (χ2n) is 9.72. The average molecular weight is 517 g/mol. The Morgan fingerprint density at radius 2 is 1.86 bits per heavy atom. The second-order valence-corrected chi connectivity index (χ2v) is 10.8. The monoisotopic (exact) mass is 516 g/mol. The Morgan fingerprint density at radius 3 is 2.47 bits per heavy atom. The number of primary amides is 1. The van der Waals surface area contributed by atoms with E-state index in [1.807, 2.05) is 45.0 Å². The standard InChI is InChI=1S/C25H32N4O6S/c1-25(2,3)12-18(24(33)34)28-23(32)22(15-8-10-16(30)11-9-15)29-21(35-14-20(26)31)13-27-17-6-4-5-7-19(17)36-29/h4-11,18,21-22,27,30H,12-14H2,1-3H3,(H2,26,31)(H,28,32)(H,33,34)/t18-,21?,22-/m1/s1. The minimum absolute atomic E-state index is 0.0195. The minimum Gasteiger partial charge on any atom is -0.508 e. The summed E-state index contributed by atoms with van der Waals surface area (Å²) in [6.45, 7) is 5.55. The summed E-state index contributed by atoms with van der Waals surface area (Å²) in [6, 6.07) is 11.4. The number of rotatable bonds is 9. The number of phenols is 1. The molecule has 0 spiro atoms. The van der Waals surface area contributed by atoms with Gasteiger partial charge >= 0.3 is 5.97 Å². The summed E-state index contributed by atoms with van der Waals surface area (Å²) in [5.41, 5.74) is 6.29. The quantitative estimate of drug-likeness (QED) is 0.316. The van der Waals surface area contributed by atoms with Crippen LogP contribution >= 0.6 is 11.9 Å². The van der Waals surface area contributed by atoms with Crippen molar-refractivity contribution in [3.63, 3.8) is 0 Å². The third-order valence-corrected chi connectivity index (χ3v) is 6.61. The number of aliphatic carboxylic acids is 1. The van der Waals surface area contributed by atoms with Gasteiger partial charge in [0.25, 0.3) is 0 Å². The van der Waals surface area contributed by atoms with E-state index in [-0.39, 0.29) is 30.7 Å². The maximum absolute atomic E-state index is 13.8. The van der Waals surface area contributed by atoms with Crippen LogP contribution in [0, 0.1) is 5.41 Å². The fourth-order valence-electron chi connectivity index (χ4n) is 3.82. The number of anilines is 1. The third kappa shape index (κ3) is 7.36. The summed E-state index contributed by atoms with van der Waals surface area (Å²) in [5.74, 6) is -2.34. The van der Waals surface area contributed by atoms with Crippen molar-refractivity contribution >= 4 is 35.4 Å². The lowest BCUT2D eigenvalue weighted by Gasteiger charge is -2.35. The van der Waals surface area contributed by atoms with Gasteiger partial charge in [-0.2, -0.15) is 0 Å². The van der Waals surface area contributed by atoms with Gasteiger partial charge in [0, 0.05) is 10.6 Å². The predicted molar refractivity (Wildman–Crippen MR) is 136 cm³/mol. The van der Waals surface area contributed by atoms with Gasteiger partial charge in [-0.15, -0.1) is 0 Å². The van der Waals surface area contributed by atoms with Gasteiger partial charge in [-0.3, -0.25) is 9.59 Å². The zero-order valence-corrected chi connectivity index (χ0v) is 21.2. The number of carbonyl (C=O) groups excluding carboxylic acids is 2. The zero-order chi connectivity index (χ0) is 26.5. The molecule has 1 heterocycles. The number of para-hydroxylation sites is 1. The third-order valence-electron chi connectivity index (χ3n) is 5.40. The van der Waals surface area contributed by atoms with Crippen LogP contribution in [0.1, 0.15) is 38.8 Å². The van der Waals surface area contributed by atoms with Crippen LogP contribution < -0.4 is 16.4 Å². The van der Waals surface area contributed by atoms with Crippen molar-refractivity contribution in [2.75, 3.05) is 18.5 Å². The van der Waals surface area contributed by atoms with Gasteiger partial charge in [0.15, 0.2) is 0 Å². The highest BCUT2D eigenvalue weighted by Crippen LogP contribution is 2.41. The van der Waals surface area contributed by atoms with E-state index < -0.39 is 36.1 Å². The number of nitrogens with zero attached hydrogens (tertiary/aromatic N) is 1. The van der Waals surface area contributed by atoms with E-state index in [4.69, 9.17) is 10.5 Å². The summed E-state index contributed by atoms with van der Waals surface area (Å²) >= 11 is 1.24. The molecule has 194 valence electrons. The van der Waals surface area contributed by atoms with Crippen molar-refractivity contribution in [3.05, 3.63) is 54.1 Å². The molecule has 3 atom stereocenters. The number of nitrogens with two attached hydrogens (primary N) is 1. The van der Waals surface area contributed by atoms with Gasteiger partial charge in [0.1, 0.15) is 30.7 Å². The molecule has 11 heteroatoms. The van der Waals surface area contributed by atoms with E-state index in [1.165, 1.54) is 24.1 Å². The normalized spacial score (nSPS) is 17.7. The fourth-order valence-corrected chi connectivity index (χ4v) is 5.00. The summed E-state index contributed by atoms with van der Waals surface area (Å²) in [6.07, 6.45) is -0.569. The van der Waals surface area contributed by atoms with E-state index in [9.17, 15) is 24.6 Å². The lowest BCUT2D eigenvalue weighted by molar-refractivity contribution is -0.144. The molecule has 0 bridgehead atoms. The molecule has 3 rings (SSSR count). The number of benzene rings is 2. The highest BCUT2D eigenvalue weighted by atomic mass is 32.2. The molecule has 0 aliphatic carbocycles. The van der Waals surface area contributed by atoms with Crippen LogP contribution in [0.4, 0.5) is 5.69 Å². The van der Waals surface area contributed by atoms with Crippen molar-refractivity contribution in [2.24, 2.45) is 11.1 Å². The largest absolute Gasteiger partial charge is 0.508 e. The van der Waals surface area contributed by atoms with E-state index in [0.717, 1.165) is 10.6 Å². The first kappa shape index (κ1) is 27.3. The van der Waals surface area contributed by atoms with E-state index in [2.05, 4.69) is 10.6 Å².